The number of nitrogens with zero attached hydrogens (tertiary/aromatic N) is 1. The molecule has 1 aliphatic rings. The number of carbonyl (C=O) groups excluding carboxylic acids is 2. The second-order valence-electron chi connectivity index (χ2n) is 4.33. The van der Waals surface area contributed by atoms with Crippen molar-refractivity contribution in [2.24, 2.45) is 11.1 Å². The van der Waals surface area contributed by atoms with Crippen LogP contribution < -0.4 is 10.0 Å². The summed E-state index contributed by atoms with van der Waals surface area (Å²) in [5.74, 6) is -1.11. The molecular weight excluding hydrogens is 292 g/mol. The number of amides is 2. The third-order valence-electron chi connectivity index (χ3n) is 2.86. The Morgan fingerprint density at radius 2 is 2.00 bits per heavy atom. The molecule has 2 rings (SSSR count). The van der Waals surface area contributed by atoms with Crippen LogP contribution in [0.15, 0.2) is 23.1 Å². The van der Waals surface area contributed by atoms with Gasteiger partial charge in [-0.25, -0.2) is 18.5 Å². The zero-order valence-corrected chi connectivity index (χ0v) is 11.5. The summed E-state index contributed by atoms with van der Waals surface area (Å²) in [6.07, 6.45) is 0.117. The van der Waals surface area contributed by atoms with Crippen LogP contribution in [0.5, 0.6) is 0 Å². The molecule has 2 N–H and O–H groups in total. The highest BCUT2D eigenvalue weighted by molar-refractivity contribution is 7.89. The second-order valence-corrected chi connectivity index (χ2v) is 6.30. The molecule has 1 saturated heterocycles. The van der Waals surface area contributed by atoms with E-state index in [-0.39, 0.29) is 33.8 Å². The number of imide groups is 1. The van der Waals surface area contributed by atoms with Crippen LogP contribution in [0.3, 0.4) is 0 Å². The molecule has 8 heteroatoms. The summed E-state index contributed by atoms with van der Waals surface area (Å²) in [5, 5.41) is 4.96. The Morgan fingerprint density at radius 3 is 2.42 bits per heavy atom. The molecule has 1 heterocycles. The van der Waals surface area contributed by atoms with Crippen molar-refractivity contribution in [3.8, 4) is 0 Å². The van der Waals surface area contributed by atoms with Crippen LogP contribution in [-0.4, -0.2) is 20.2 Å². The first-order valence-corrected chi connectivity index (χ1v) is 7.33. The quantitative estimate of drug-likeness (QED) is 0.820. The average molecular weight is 303 g/mol. The largest absolute Gasteiger partial charge is 0.274 e. The molecule has 0 aromatic heterocycles. The maximum Gasteiger partial charge on any atom is 0.238 e. The molecule has 1 fully saturated rings. The van der Waals surface area contributed by atoms with Crippen molar-refractivity contribution in [2.75, 3.05) is 4.90 Å². The summed E-state index contributed by atoms with van der Waals surface area (Å²) >= 11 is 5.93. The lowest BCUT2D eigenvalue weighted by Gasteiger charge is -2.16. The smallest absolute Gasteiger partial charge is 0.238 e. The van der Waals surface area contributed by atoms with Crippen LogP contribution in [0.1, 0.15) is 13.3 Å². The predicted molar refractivity (Wildman–Crippen MR) is 69.1 cm³/mol. The average Bonchev–Trinajstić information content (AvgIpc) is 2.53. The number of sulfonamides is 1. The molecular formula is C11H11ClN2O4S. The molecule has 1 aliphatic heterocycles. The standard InChI is InChI=1S/C11H11ClN2O4S/c1-6-4-10(15)14(11(6)16)9-3-2-7(5-8(9)12)19(13,17)18/h2-3,5-6H,4H2,1H3,(H2,13,17,18). The predicted octanol–water partition coefficient (Wildman–Crippen LogP) is 0.887. The van der Waals surface area contributed by atoms with E-state index in [2.05, 4.69) is 0 Å². The normalized spacial score (nSPS) is 20.2. The van der Waals surface area contributed by atoms with Gasteiger partial charge in [-0.2, -0.15) is 0 Å². The lowest BCUT2D eigenvalue weighted by molar-refractivity contribution is -0.122. The zero-order chi connectivity index (χ0) is 14.4. The fourth-order valence-corrected chi connectivity index (χ4v) is 2.75. The first kappa shape index (κ1) is 14.0. The fraction of sp³-hybridized carbons (Fsp3) is 0.273. The van der Waals surface area contributed by atoms with Crippen LogP contribution >= 0.6 is 11.6 Å². The Hall–Kier alpha value is -1.44. The highest BCUT2D eigenvalue weighted by atomic mass is 35.5. The number of halogens is 1. The number of nitrogens with two attached hydrogens (primary N) is 1. The van der Waals surface area contributed by atoms with Gasteiger partial charge in [0.2, 0.25) is 21.8 Å². The van der Waals surface area contributed by atoms with Crippen LogP contribution in [-0.2, 0) is 19.6 Å². The molecule has 0 spiro atoms. The van der Waals surface area contributed by atoms with Crippen molar-refractivity contribution in [1.82, 2.24) is 0 Å². The van der Waals surface area contributed by atoms with Gasteiger partial charge in [-0.1, -0.05) is 18.5 Å². The summed E-state index contributed by atoms with van der Waals surface area (Å²) in [7, 11) is -3.88. The number of anilines is 1. The van der Waals surface area contributed by atoms with E-state index in [9.17, 15) is 18.0 Å². The van der Waals surface area contributed by atoms with Gasteiger partial charge in [0.25, 0.3) is 0 Å². The summed E-state index contributed by atoms with van der Waals surface area (Å²) in [5.41, 5.74) is 0.174. The molecule has 1 unspecified atom stereocenters. The summed E-state index contributed by atoms with van der Waals surface area (Å²) in [6, 6.07) is 3.63. The number of primary sulfonamides is 1. The monoisotopic (exact) mass is 302 g/mol. The zero-order valence-electron chi connectivity index (χ0n) is 9.96. The van der Waals surface area contributed by atoms with Crippen molar-refractivity contribution < 1.29 is 18.0 Å². The first-order valence-electron chi connectivity index (χ1n) is 5.41. The van der Waals surface area contributed by atoms with Gasteiger partial charge in [0.15, 0.2) is 0 Å². The van der Waals surface area contributed by atoms with Gasteiger partial charge >= 0.3 is 0 Å². The molecule has 0 saturated carbocycles. The van der Waals surface area contributed by atoms with Gasteiger partial charge in [0.1, 0.15) is 0 Å². The second kappa shape index (κ2) is 4.59. The van der Waals surface area contributed by atoms with Gasteiger partial charge in [0.05, 0.1) is 15.6 Å². The Bertz CT molecular complexity index is 671. The Balaban J connectivity index is 2.48. The van der Waals surface area contributed by atoms with E-state index in [1.54, 1.807) is 6.92 Å². The summed E-state index contributed by atoms with van der Waals surface area (Å²) < 4.78 is 22.3. The van der Waals surface area contributed by atoms with Crippen molar-refractivity contribution in [2.45, 2.75) is 18.2 Å². The van der Waals surface area contributed by atoms with Crippen molar-refractivity contribution >= 4 is 39.1 Å². The number of benzene rings is 1. The van der Waals surface area contributed by atoms with Crippen molar-refractivity contribution in [3.63, 3.8) is 0 Å². The molecule has 6 nitrogen and oxygen atoms in total. The number of carbonyl (C=O) groups is 2. The van der Waals surface area contributed by atoms with Crippen molar-refractivity contribution in [1.29, 1.82) is 0 Å². The maximum atomic E-state index is 11.9. The van der Waals surface area contributed by atoms with E-state index < -0.39 is 15.9 Å². The van der Waals surface area contributed by atoms with Gasteiger partial charge < -0.3 is 0 Å². The summed E-state index contributed by atoms with van der Waals surface area (Å²) in [4.78, 5) is 24.4. The van der Waals surface area contributed by atoms with E-state index in [1.165, 1.54) is 12.1 Å². The van der Waals surface area contributed by atoms with Crippen LogP contribution in [0.2, 0.25) is 5.02 Å². The summed E-state index contributed by atoms with van der Waals surface area (Å²) in [6.45, 7) is 1.65. The number of hydrogen-bond donors (Lipinski definition) is 1. The Kier molecular flexibility index (Phi) is 3.38. The van der Waals surface area contributed by atoms with E-state index in [4.69, 9.17) is 16.7 Å². The van der Waals surface area contributed by atoms with E-state index in [0.29, 0.717) is 0 Å². The Morgan fingerprint density at radius 1 is 1.37 bits per heavy atom. The molecule has 0 aliphatic carbocycles. The van der Waals surface area contributed by atoms with Crippen LogP contribution in [0, 0.1) is 5.92 Å². The highest BCUT2D eigenvalue weighted by Gasteiger charge is 2.37. The number of rotatable bonds is 2. The van der Waals surface area contributed by atoms with E-state index in [1.807, 2.05) is 0 Å². The van der Waals surface area contributed by atoms with E-state index in [0.717, 1.165) is 11.0 Å². The SMILES string of the molecule is CC1CC(=O)N(c2ccc(S(N)(=O)=O)cc2Cl)C1=O. The van der Waals surface area contributed by atoms with Gasteiger partial charge in [-0.15, -0.1) is 0 Å². The third-order valence-corrected chi connectivity index (χ3v) is 4.07. The molecule has 102 valence electrons. The molecule has 1 atom stereocenters. The lowest BCUT2D eigenvalue weighted by atomic mass is 10.1. The van der Waals surface area contributed by atoms with E-state index >= 15 is 0 Å². The van der Waals surface area contributed by atoms with Crippen molar-refractivity contribution in [3.05, 3.63) is 23.2 Å². The molecule has 19 heavy (non-hydrogen) atoms. The van der Waals surface area contributed by atoms with Crippen LogP contribution in [0.25, 0.3) is 0 Å². The fourth-order valence-electron chi connectivity index (χ4n) is 1.88. The molecule has 1 aromatic carbocycles. The van der Waals surface area contributed by atoms with Gasteiger partial charge in [0, 0.05) is 12.3 Å². The molecule has 2 amide bonds. The first-order chi connectivity index (χ1) is 8.71. The minimum atomic E-state index is -3.88. The van der Waals surface area contributed by atoms with Gasteiger partial charge in [-0.3, -0.25) is 9.59 Å². The minimum absolute atomic E-state index is 0.0117. The maximum absolute atomic E-state index is 11.9. The molecule has 0 bridgehead atoms. The number of hydrogen-bond acceptors (Lipinski definition) is 4. The topological polar surface area (TPSA) is 97.5 Å². The Labute approximate surface area is 115 Å². The minimum Gasteiger partial charge on any atom is -0.274 e. The third kappa shape index (κ3) is 2.49. The van der Waals surface area contributed by atoms with Gasteiger partial charge in [-0.05, 0) is 18.2 Å². The van der Waals surface area contributed by atoms with Crippen LogP contribution in [0.4, 0.5) is 5.69 Å². The molecule has 1 aromatic rings. The highest BCUT2D eigenvalue weighted by Crippen LogP contribution is 2.33. The lowest BCUT2D eigenvalue weighted by Crippen LogP contribution is -2.30. The molecule has 0 radical (unpaired) electrons.